The van der Waals surface area contributed by atoms with Gasteiger partial charge in [0, 0.05) is 23.4 Å². The van der Waals surface area contributed by atoms with Crippen molar-refractivity contribution in [2.75, 3.05) is 12.4 Å². The van der Waals surface area contributed by atoms with E-state index in [-0.39, 0.29) is 24.8 Å². The summed E-state index contributed by atoms with van der Waals surface area (Å²) in [5.74, 6) is 0.357. The molecule has 4 rings (SSSR count). The summed E-state index contributed by atoms with van der Waals surface area (Å²) in [6.07, 6.45) is -0.224. The highest BCUT2D eigenvalue weighted by atomic mass is 32.2. The molecule has 1 atom stereocenters. The molecule has 0 radical (unpaired) electrons. The number of hydrogen-bond donors (Lipinski definition) is 1. The first-order valence-electron chi connectivity index (χ1n) is 10.5. The van der Waals surface area contributed by atoms with Crippen LogP contribution in [0.2, 0.25) is 0 Å². The number of aliphatic hydroxyl groups is 1. The lowest BCUT2D eigenvalue weighted by atomic mass is 10.1. The quantitative estimate of drug-likeness (QED) is 0.339. The van der Waals surface area contributed by atoms with Crippen LogP contribution in [0.25, 0.3) is 5.69 Å². The number of aliphatic hydroxyl groups excluding tert-OH is 1. The lowest BCUT2D eigenvalue weighted by molar-refractivity contribution is 0.0386. The fraction of sp³-hybridized carbons (Fsp3) is 0.200. The SMILES string of the molecule is O[C@H](COCc1ccccc1F)CSc1nnc(Cc2ccccc2)n1-c1ccc(F)cc1. The number of nitrogens with zero attached hydrogens (tertiary/aromatic N) is 3. The zero-order valence-electron chi connectivity index (χ0n) is 17.8. The molecule has 0 spiro atoms. The molecule has 3 aromatic carbocycles. The molecule has 1 N–H and O–H groups in total. The predicted octanol–water partition coefficient (Wildman–Crippen LogP) is 4.81. The van der Waals surface area contributed by atoms with E-state index in [1.165, 1.54) is 30.0 Å². The summed E-state index contributed by atoms with van der Waals surface area (Å²) in [5.41, 5.74) is 2.26. The molecule has 5 nitrogen and oxygen atoms in total. The molecule has 0 amide bonds. The van der Waals surface area contributed by atoms with E-state index in [1.54, 1.807) is 30.3 Å². The lowest BCUT2D eigenvalue weighted by Crippen LogP contribution is -2.18. The van der Waals surface area contributed by atoms with Crippen LogP contribution in [0.3, 0.4) is 0 Å². The van der Waals surface area contributed by atoms with Gasteiger partial charge in [0.1, 0.15) is 17.5 Å². The topological polar surface area (TPSA) is 60.2 Å². The number of rotatable bonds is 10. The van der Waals surface area contributed by atoms with Crippen molar-refractivity contribution < 1.29 is 18.6 Å². The Hall–Kier alpha value is -3.07. The minimum absolute atomic E-state index is 0.0584. The fourth-order valence-corrected chi connectivity index (χ4v) is 4.15. The molecule has 8 heteroatoms. The Balaban J connectivity index is 1.43. The van der Waals surface area contributed by atoms with Gasteiger partial charge in [0.05, 0.1) is 19.3 Å². The number of benzene rings is 3. The number of aromatic nitrogens is 3. The minimum Gasteiger partial charge on any atom is -0.390 e. The fourth-order valence-electron chi connectivity index (χ4n) is 3.28. The summed E-state index contributed by atoms with van der Waals surface area (Å²) in [6, 6.07) is 22.4. The third kappa shape index (κ3) is 6.25. The van der Waals surface area contributed by atoms with Crippen LogP contribution in [0, 0.1) is 11.6 Å². The van der Waals surface area contributed by atoms with Gasteiger partial charge in [0.15, 0.2) is 5.16 Å². The van der Waals surface area contributed by atoms with Crippen molar-refractivity contribution >= 4 is 11.8 Å². The maximum atomic E-state index is 13.7. The van der Waals surface area contributed by atoms with Gasteiger partial charge >= 0.3 is 0 Å². The van der Waals surface area contributed by atoms with Crippen LogP contribution in [0.4, 0.5) is 8.78 Å². The molecule has 0 saturated heterocycles. The van der Waals surface area contributed by atoms with E-state index in [2.05, 4.69) is 10.2 Å². The van der Waals surface area contributed by atoms with Crippen LogP contribution in [-0.2, 0) is 17.8 Å². The van der Waals surface area contributed by atoms with Gasteiger partial charge in [-0.05, 0) is 35.9 Å². The van der Waals surface area contributed by atoms with E-state index in [0.717, 1.165) is 11.3 Å². The van der Waals surface area contributed by atoms with Gasteiger partial charge in [0.25, 0.3) is 0 Å². The van der Waals surface area contributed by atoms with Crippen molar-refractivity contribution in [1.29, 1.82) is 0 Å². The Labute approximate surface area is 195 Å². The van der Waals surface area contributed by atoms with Crippen LogP contribution in [0.5, 0.6) is 0 Å². The Bertz CT molecular complexity index is 1170. The van der Waals surface area contributed by atoms with Crippen LogP contribution in [0.15, 0.2) is 84.0 Å². The van der Waals surface area contributed by atoms with E-state index >= 15 is 0 Å². The highest BCUT2D eigenvalue weighted by Crippen LogP contribution is 2.24. The second kappa shape index (κ2) is 11.2. The average Bonchev–Trinajstić information content (AvgIpc) is 3.22. The van der Waals surface area contributed by atoms with Crippen molar-refractivity contribution in [3.8, 4) is 5.69 Å². The molecule has 170 valence electrons. The number of halogens is 2. The van der Waals surface area contributed by atoms with Gasteiger partial charge in [0.2, 0.25) is 0 Å². The van der Waals surface area contributed by atoms with Crippen molar-refractivity contribution in [3.05, 3.63) is 107 Å². The van der Waals surface area contributed by atoms with Crippen molar-refractivity contribution in [1.82, 2.24) is 14.8 Å². The summed E-state index contributed by atoms with van der Waals surface area (Å²) in [6.45, 7) is 0.143. The summed E-state index contributed by atoms with van der Waals surface area (Å²) in [4.78, 5) is 0. The largest absolute Gasteiger partial charge is 0.390 e. The monoisotopic (exact) mass is 467 g/mol. The van der Waals surface area contributed by atoms with E-state index in [1.807, 2.05) is 34.9 Å². The summed E-state index contributed by atoms with van der Waals surface area (Å²) < 4.78 is 34.5. The molecule has 0 aliphatic carbocycles. The maximum absolute atomic E-state index is 13.7. The van der Waals surface area contributed by atoms with Crippen molar-refractivity contribution in [2.45, 2.75) is 24.3 Å². The summed E-state index contributed by atoms with van der Waals surface area (Å²) >= 11 is 1.33. The molecule has 0 aliphatic rings. The standard InChI is InChI=1S/C25H23F2N3O2S/c26-20-10-12-21(13-11-20)30-24(14-18-6-2-1-3-7-18)28-29-25(30)33-17-22(31)16-32-15-19-8-4-5-9-23(19)27/h1-13,22,31H,14-17H2/t22-/m1/s1. The van der Waals surface area contributed by atoms with E-state index in [4.69, 9.17) is 4.74 Å². The first-order valence-corrected chi connectivity index (χ1v) is 11.4. The molecule has 0 saturated carbocycles. The minimum atomic E-state index is -0.780. The zero-order chi connectivity index (χ0) is 23.0. The van der Waals surface area contributed by atoms with Crippen LogP contribution >= 0.6 is 11.8 Å². The normalized spacial score (nSPS) is 12.1. The predicted molar refractivity (Wildman–Crippen MR) is 123 cm³/mol. The second-order valence-corrected chi connectivity index (χ2v) is 8.43. The number of hydrogen-bond acceptors (Lipinski definition) is 5. The van der Waals surface area contributed by atoms with Crippen molar-refractivity contribution in [3.63, 3.8) is 0 Å². The Morgan fingerprint density at radius 1 is 0.909 bits per heavy atom. The van der Waals surface area contributed by atoms with Gasteiger partial charge in [-0.3, -0.25) is 4.57 Å². The zero-order valence-corrected chi connectivity index (χ0v) is 18.6. The Kier molecular flexibility index (Phi) is 7.83. The van der Waals surface area contributed by atoms with Crippen LogP contribution in [-0.4, -0.2) is 38.3 Å². The van der Waals surface area contributed by atoms with Crippen LogP contribution < -0.4 is 0 Å². The maximum Gasteiger partial charge on any atom is 0.195 e. The molecule has 1 aromatic heterocycles. The van der Waals surface area contributed by atoms with Gasteiger partial charge in [-0.2, -0.15) is 0 Å². The van der Waals surface area contributed by atoms with Gasteiger partial charge < -0.3 is 9.84 Å². The molecule has 0 fully saturated rings. The third-order valence-corrected chi connectivity index (χ3v) is 5.99. The van der Waals surface area contributed by atoms with E-state index < -0.39 is 6.10 Å². The van der Waals surface area contributed by atoms with Gasteiger partial charge in [-0.15, -0.1) is 10.2 Å². The number of thioether (sulfide) groups is 1. The summed E-state index contributed by atoms with van der Waals surface area (Å²) in [5, 5.41) is 19.6. The number of ether oxygens (including phenoxy) is 1. The molecule has 0 unspecified atom stereocenters. The first kappa shape index (κ1) is 23.1. The molecule has 0 aliphatic heterocycles. The van der Waals surface area contributed by atoms with E-state index in [0.29, 0.717) is 28.7 Å². The Morgan fingerprint density at radius 2 is 1.64 bits per heavy atom. The lowest BCUT2D eigenvalue weighted by Gasteiger charge is -2.13. The summed E-state index contributed by atoms with van der Waals surface area (Å²) in [7, 11) is 0. The Morgan fingerprint density at radius 3 is 2.39 bits per heavy atom. The molecule has 4 aromatic rings. The molecule has 0 bridgehead atoms. The van der Waals surface area contributed by atoms with Crippen molar-refractivity contribution in [2.24, 2.45) is 0 Å². The van der Waals surface area contributed by atoms with E-state index in [9.17, 15) is 13.9 Å². The highest BCUT2D eigenvalue weighted by molar-refractivity contribution is 7.99. The molecular weight excluding hydrogens is 444 g/mol. The molecule has 33 heavy (non-hydrogen) atoms. The van der Waals surface area contributed by atoms with Crippen LogP contribution in [0.1, 0.15) is 17.0 Å². The second-order valence-electron chi connectivity index (χ2n) is 7.44. The highest BCUT2D eigenvalue weighted by Gasteiger charge is 2.17. The average molecular weight is 468 g/mol. The molecule has 1 heterocycles. The third-order valence-electron chi connectivity index (χ3n) is 4.92. The van der Waals surface area contributed by atoms with Gasteiger partial charge in [-0.25, -0.2) is 8.78 Å². The molecular formula is C25H23F2N3O2S. The first-order chi connectivity index (χ1) is 16.1. The van der Waals surface area contributed by atoms with Gasteiger partial charge in [-0.1, -0.05) is 60.3 Å². The smallest absolute Gasteiger partial charge is 0.195 e.